The number of amides is 2. The molecule has 0 aliphatic heterocycles. The number of thiophene rings is 1. The van der Waals surface area contributed by atoms with Crippen LogP contribution in [0.15, 0.2) is 41.8 Å². The third-order valence-electron chi connectivity index (χ3n) is 3.84. The van der Waals surface area contributed by atoms with Crippen LogP contribution >= 0.6 is 11.3 Å². The van der Waals surface area contributed by atoms with Gasteiger partial charge in [0.2, 0.25) is 5.91 Å². The molecule has 1 aliphatic rings. The van der Waals surface area contributed by atoms with Crippen molar-refractivity contribution in [3.8, 4) is 0 Å². The van der Waals surface area contributed by atoms with Gasteiger partial charge in [-0.25, -0.2) is 0 Å². The Balaban J connectivity index is 1.63. The molecule has 120 valence electrons. The van der Waals surface area contributed by atoms with Crippen molar-refractivity contribution in [1.29, 1.82) is 0 Å². The molecule has 2 amide bonds. The smallest absolute Gasteiger partial charge is 0.265 e. The molecule has 6 heteroatoms. The molecule has 1 aromatic carbocycles. The van der Waals surface area contributed by atoms with Gasteiger partial charge >= 0.3 is 0 Å². The number of nitrogens with zero attached hydrogens (tertiary/aromatic N) is 1. The van der Waals surface area contributed by atoms with E-state index in [2.05, 4.69) is 10.6 Å². The lowest BCUT2D eigenvalue weighted by molar-refractivity contribution is -0.128. The Bertz CT molecular complexity index is 696. The molecule has 1 heterocycles. The topological polar surface area (TPSA) is 61.4 Å². The Morgan fingerprint density at radius 3 is 2.57 bits per heavy atom. The highest BCUT2D eigenvalue weighted by molar-refractivity contribution is 7.12. The van der Waals surface area contributed by atoms with Crippen molar-refractivity contribution in [2.24, 2.45) is 0 Å². The quantitative estimate of drug-likeness (QED) is 0.856. The van der Waals surface area contributed by atoms with Crippen molar-refractivity contribution in [2.75, 3.05) is 24.2 Å². The average Bonchev–Trinajstić information content (AvgIpc) is 3.26. The minimum absolute atomic E-state index is 0.0619. The van der Waals surface area contributed by atoms with Crippen LogP contribution in [0.3, 0.4) is 0 Å². The van der Waals surface area contributed by atoms with Crippen LogP contribution in [0.5, 0.6) is 0 Å². The summed E-state index contributed by atoms with van der Waals surface area (Å²) >= 11 is 1.40. The Morgan fingerprint density at radius 1 is 1.17 bits per heavy atom. The summed E-state index contributed by atoms with van der Waals surface area (Å²) in [6, 6.07) is 11.4. The lowest BCUT2D eigenvalue weighted by Crippen LogP contribution is -2.33. The van der Waals surface area contributed by atoms with E-state index in [1.165, 1.54) is 11.3 Å². The number of carbonyl (C=O) groups is 2. The fourth-order valence-electron chi connectivity index (χ4n) is 2.30. The molecule has 0 unspecified atom stereocenters. The molecule has 23 heavy (non-hydrogen) atoms. The van der Waals surface area contributed by atoms with Gasteiger partial charge in [-0.05, 0) is 36.4 Å². The summed E-state index contributed by atoms with van der Waals surface area (Å²) in [7, 11) is 1.84. The van der Waals surface area contributed by atoms with Crippen molar-refractivity contribution in [1.82, 2.24) is 4.90 Å². The molecule has 1 saturated carbocycles. The molecule has 1 fully saturated rings. The van der Waals surface area contributed by atoms with Gasteiger partial charge in [-0.1, -0.05) is 18.2 Å². The summed E-state index contributed by atoms with van der Waals surface area (Å²) < 4.78 is 0. The van der Waals surface area contributed by atoms with Gasteiger partial charge in [-0.2, -0.15) is 0 Å². The highest BCUT2D eigenvalue weighted by Crippen LogP contribution is 2.26. The molecule has 2 aromatic rings. The van der Waals surface area contributed by atoms with Crippen LogP contribution in [0.25, 0.3) is 0 Å². The second-order valence-electron chi connectivity index (χ2n) is 5.57. The summed E-state index contributed by atoms with van der Waals surface area (Å²) in [4.78, 5) is 26.7. The number of hydrogen-bond donors (Lipinski definition) is 2. The predicted octanol–water partition coefficient (Wildman–Crippen LogP) is 3.03. The maximum atomic E-state index is 12.2. The van der Waals surface area contributed by atoms with E-state index in [0.717, 1.165) is 18.5 Å². The SMILES string of the molecule is CN(C(=O)CNc1ccccc1NC(=O)c1cccs1)C1CC1. The predicted molar refractivity (Wildman–Crippen MR) is 93.0 cm³/mol. The highest BCUT2D eigenvalue weighted by Gasteiger charge is 2.29. The van der Waals surface area contributed by atoms with Gasteiger partial charge in [0, 0.05) is 13.1 Å². The van der Waals surface area contributed by atoms with E-state index >= 15 is 0 Å². The number of benzene rings is 1. The normalized spacial score (nSPS) is 13.4. The average molecular weight is 329 g/mol. The number of nitrogens with one attached hydrogen (secondary N) is 2. The Morgan fingerprint density at radius 2 is 1.91 bits per heavy atom. The first kappa shape index (κ1) is 15.6. The monoisotopic (exact) mass is 329 g/mol. The molecule has 2 N–H and O–H groups in total. The zero-order valence-corrected chi connectivity index (χ0v) is 13.7. The second kappa shape index (κ2) is 6.83. The first-order valence-electron chi connectivity index (χ1n) is 7.58. The Labute approximate surface area is 139 Å². The fourth-order valence-corrected chi connectivity index (χ4v) is 2.92. The van der Waals surface area contributed by atoms with Crippen LogP contribution in [-0.4, -0.2) is 36.3 Å². The van der Waals surface area contributed by atoms with Crippen LogP contribution in [-0.2, 0) is 4.79 Å². The molecule has 0 bridgehead atoms. The summed E-state index contributed by atoms with van der Waals surface area (Å²) in [6.45, 7) is 0.221. The largest absolute Gasteiger partial charge is 0.374 e. The summed E-state index contributed by atoms with van der Waals surface area (Å²) in [5, 5.41) is 7.88. The van der Waals surface area contributed by atoms with E-state index in [1.807, 2.05) is 42.8 Å². The first-order valence-corrected chi connectivity index (χ1v) is 8.46. The van der Waals surface area contributed by atoms with Gasteiger partial charge in [0.25, 0.3) is 5.91 Å². The molecule has 0 atom stereocenters. The van der Waals surface area contributed by atoms with Crippen LogP contribution in [0, 0.1) is 0 Å². The zero-order valence-electron chi connectivity index (χ0n) is 12.9. The first-order chi connectivity index (χ1) is 11.1. The summed E-state index contributed by atoms with van der Waals surface area (Å²) in [6.07, 6.45) is 2.19. The van der Waals surface area contributed by atoms with Crippen molar-refractivity contribution in [2.45, 2.75) is 18.9 Å². The lowest BCUT2D eigenvalue weighted by Gasteiger charge is -2.18. The molecule has 0 radical (unpaired) electrons. The maximum Gasteiger partial charge on any atom is 0.265 e. The lowest BCUT2D eigenvalue weighted by atomic mass is 10.2. The molecule has 0 spiro atoms. The highest BCUT2D eigenvalue weighted by atomic mass is 32.1. The summed E-state index contributed by atoms with van der Waals surface area (Å²) in [5.41, 5.74) is 1.42. The molecule has 1 aliphatic carbocycles. The van der Waals surface area contributed by atoms with Gasteiger partial charge in [-0.15, -0.1) is 11.3 Å². The third-order valence-corrected chi connectivity index (χ3v) is 4.71. The van der Waals surface area contributed by atoms with Gasteiger partial charge < -0.3 is 15.5 Å². The Kier molecular flexibility index (Phi) is 4.62. The molecule has 0 saturated heterocycles. The fraction of sp³-hybridized carbons (Fsp3) is 0.294. The molecule has 3 rings (SSSR count). The van der Waals surface area contributed by atoms with E-state index < -0.39 is 0 Å². The third kappa shape index (κ3) is 3.90. The van der Waals surface area contributed by atoms with Crippen molar-refractivity contribution in [3.05, 3.63) is 46.7 Å². The number of para-hydroxylation sites is 2. The van der Waals surface area contributed by atoms with Gasteiger partial charge in [-0.3, -0.25) is 9.59 Å². The van der Waals surface area contributed by atoms with E-state index in [-0.39, 0.29) is 18.4 Å². The molecule has 1 aromatic heterocycles. The minimum atomic E-state index is -0.143. The zero-order chi connectivity index (χ0) is 16.2. The van der Waals surface area contributed by atoms with Crippen molar-refractivity contribution >= 4 is 34.5 Å². The van der Waals surface area contributed by atoms with Gasteiger partial charge in [0.15, 0.2) is 0 Å². The van der Waals surface area contributed by atoms with E-state index in [4.69, 9.17) is 0 Å². The van der Waals surface area contributed by atoms with Gasteiger partial charge in [0.05, 0.1) is 22.8 Å². The van der Waals surface area contributed by atoms with Crippen molar-refractivity contribution in [3.63, 3.8) is 0 Å². The van der Waals surface area contributed by atoms with E-state index in [0.29, 0.717) is 16.6 Å². The number of rotatable bonds is 6. The Hall–Kier alpha value is -2.34. The number of hydrogen-bond acceptors (Lipinski definition) is 4. The molecule has 5 nitrogen and oxygen atoms in total. The second-order valence-corrected chi connectivity index (χ2v) is 6.51. The minimum Gasteiger partial charge on any atom is -0.374 e. The maximum absolute atomic E-state index is 12.2. The van der Waals surface area contributed by atoms with Crippen LogP contribution in [0.2, 0.25) is 0 Å². The number of anilines is 2. The molecular formula is C17H19N3O2S. The van der Waals surface area contributed by atoms with Crippen molar-refractivity contribution < 1.29 is 9.59 Å². The van der Waals surface area contributed by atoms with E-state index in [9.17, 15) is 9.59 Å². The number of likely N-dealkylation sites (N-methyl/N-ethyl adjacent to an activating group) is 1. The van der Waals surface area contributed by atoms with E-state index in [1.54, 1.807) is 11.0 Å². The summed E-state index contributed by atoms with van der Waals surface area (Å²) in [5.74, 6) is -0.0810. The van der Waals surface area contributed by atoms with Crippen LogP contribution in [0.4, 0.5) is 11.4 Å². The van der Waals surface area contributed by atoms with Crippen LogP contribution < -0.4 is 10.6 Å². The van der Waals surface area contributed by atoms with Gasteiger partial charge in [0.1, 0.15) is 0 Å². The molecular weight excluding hydrogens is 310 g/mol. The number of carbonyl (C=O) groups excluding carboxylic acids is 2. The standard InChI is InChI=1S/C17H19N3O2S/c1-20(12-8-9-12)16(21)11-18-13-5-2-3-6-14(13)19-17(22)15-7-4-10-23-15/h2-7,10,12,18H,8-9,11H2,1H3,(H,19,22). The van der Waals surface area contributed by atoms with Crippen LogP contribution in [0.1, 0.15) is 22.5 Å².